The fourth-order valence-corrected chi connectivity index (χ4v) is 3.13. The van der Waals surface area contributed by atoms with Gasteiger partial charge in [0, 0.05) is 35.8 Å². The number of anilines is 1. The molecule has 4 nitrogen and oxygen atoms in total. The first kappa shape index (κ1) is 17.0. The molecule has 0 bridgehead atoms. The van der Waals surface area contributed by atoms with Crippen molar-refractivity contribution in [3.05, 3.63) is 75.6 Å². The minimum Gasteiger partial charge on any atom is -0.422 e. The zero-order valence-corrected chi connectivity index (χ0v) is 14.7. The van der Waals surface area contributed by atoms with Crippen LogP contribution in [0.4, 0.5) is 5.69 Å². The van der Waals surface area contributed by atoms with Crippen LogP contribution in [0.15, 0.2) is 57.7 Å². The molecule has 0 saturated heterocycles. The summed E-state index contributed by atoms with van der Waals surface area (Å²) in [5.74, 6) is -0.304. The first-order valence-corrected chi connectivity index (χ1v) is 8.49. The topological polar surface area (TPSA) is 50.5 Å². The van der Waals surface area contributed by atoms with E-state index in [1.54, 1.807) is 31.2 Å². The highest BCUT2D eigenvalue weighted by atomic mass is 16.4. The van der Waals surface area contributed by atoms with E-state index in [1.165, 1.54) is 0 Å². The van der Waals surface area contributed by atoms with Crippen LogP contribution in [0.2, 0.25) is 0 Å². The van der Waals surface area contributed by atoms with Gasteiger partial charge >= 0.3 is 5.63 Å². The van der Waals surface area contributed by atoms with Crippen molar-refractivity contribution in [3.8, 4) is 0 Å². The Balaban J connectivity index is 2.15. The van der Waals surface area contributed by atoms with Gasteiger partial charge in [-0.05, 0) is 38.5 Å². The lowest BCUT2D eigenvalue weighted by atomic mass is 9.98. The van der Waals surface area contributed by atoms with E-state index in [-0.39, 0.29) is 11.3 Å². The average molecular weight is 335 g/mol. The summed E-state index contributed by atoms with van der Waals surface area (Å²) in [6.45, 7) is 7.70. The first-order valence-electron chi connectivity index (χ1n) is 8.49. The molecule has 0 spiro atoms. The summed E-state index contributed by atoms with van der Waals surface area (Å²) < 4.78 is 5.49. The maximum atomic E-state index is 12.7. The Hall–Kier alpha value is -2.88. The van der Waals surface area contributed by atoms with Crippen molar-refractivity contribution in [3.63, 3.8) is 0 Å². The number of carbonyl (C=O) groups is 1. The predicted octanol–water partition coefficient (Wildman–Crippen LogP) is 4.18. The second-order valence-electron chi connectivity index (χ2n) is 5.94. The Labute approximate surface area is 146 Å². The van der Waals surface area contributed by atoms with E-state index in [0.29, 0.717) is 16.7 Å². The summed E-state index contributed by atoms with van der Waals surface area (Å²) in [5, 5.41) is 0.787. The maximum Gasteiger partial charge on any atom is 0.347 e. The molecule has 0 aliphatic heterocycles. The molecule has 4 heteroatoms. The number of hydrogen-bond donors (Lipinski definition) is 0. The third-order valence-corrected chi connectivity index (χ3v) is 4.54. The molecule has 0 saturated carbocycles. The van der Waals surface area contributed by atoms with Gasteiger partial charge in [0.2, 0.25) is 5.78 Å². The van der Waals surface area contributed by atoms with Gasteiger partial charge in [-0.2, -0.15) is 0 Å². The van der Waals surface area contributed by atoms with Gasteiger partial charge in [-0.15, -0.1) is 0 Å². The molecule has 0 atom stereocenters. The third kappa shape index (κ3) is 3.07. The maximum absolute atomic E-state index is 12.7. The summed E-state index contributed by atoms with van der Waals surface area (Å²) in [7, 11) is 0. The molecular formula is C21H21NO3. The Kier molecular flexibility index (Phi) is 4.70. The van der Waals surface area contributed by atoms with Gasteiger partial charge in [0.25, 0.3) is 0 Å². The molecule has 25 heavy (non-hydrogen) atoms. The second kappa shape index (κ2) is 6.93. The lowest BCUT2D eigenvalue weighted by Crippen LogP contribution is -2.22. The number of nitrogens with zero attached hydrogens (tertiary/aromatic N) is 1. The molecule has 1 aromatic heterocycles. The number of carbonyl (C=O) groups excluding carboxylic acids is 1. The zero-order chi connectivity index (χ0) is 18.0. The molecule has 2 aromatic carbocycles. The second-order valence-corrected chi connectivity index (χ2v) is 5.94. The number of fused-ring (bicyclic) bond motifs is 1. The molecule has 0 N–H and O–H groups in total. The average Bonchev–Trinajstić information content (AvgIpc) is 2.63. The quantitative estimate of drug-likeness (QED) is 0.518. The van der Waals surface area contributed by atoms with E-state index < -0.39 is 5.63 Å². The Bertz CT molecular complexity index is 970. The van der Waals surface area contributed by atoms with Crippen molar-refractivity contribution in [2.75, 3.05) is 18.0 Å². The predicted molar refractivity (Wildman–Crippen MR) is 101 cm³/mol. The highest BCUT2D eigenvalue weighted by Gasteiger charge is 2.20. The number of aryl methyl sites for hydroxylation is 1. The van der Waals surface area contributed by atoms with E-state index in [2.05, 4.69) is 18.7 Å². The summed E-state index contributed by atoms with van der Waals surface area (Å²) in [4.78, 5) is 27.4. The molecule has 0 radical (unpaired) electrons. The zero-order valence-electron chi connectivity index (χ0n) is 14.7. The van der Waals surface area contributed by atoms with E-state index in [9.17, 15) is 9.59 Å². The van der Waals surface area contributed by atoms with E-state index in [0.717, 1.165) is 24.2 Å². The van der Waals surface area contributed by atoms with Gasteiger partial charge in [0.1, 0.15) is 11.1 Å². The molecule has 0 unspecified atom stereocenters. The number of rotatable bonds is 5. The molecule has 0 aliphatic rings. The monoisotopic (exact) mass is 335 g/mol. The number of hydrogen-bond acceptors (Lipinski definition) is 4. The highest BCUT2D eigenvalue weighted by molar-refractivity contribution is 6.11. The first-order chi connectivity index (χ1) is 12.1. The van der Waals surface area contributed by atoms with Crippen LogP contribution < -0.4 is 10.5 Å². The molecule has 0 amide bonds. The van der Waals surface area contributed by atoms with Crippen molar-refractivity contribution >= 4 is 22.4 Å². The SMILES string of the molecule is CCN(CC)c1ccc2c(C)c(C(=O)c3ccccc3)c(=O)oc2c1. The van der Waals surface area contributed by atoms with Crippen molar-refractivity contribution in [2.45, 2.75) is 20.8 Å². The largest absolute Gasteiger partial charge is 0.422 e. The summed E-state index contributed by atoms with van der Waals surface area (Å²) >= 11 is 0. The number of ketones is 1. The fourth-order valence-electron chi connectivity index (χ4n) is 3.13. The third-order valence-electron chi connectivity index (χ3n) is 4.54. The van der Waals surface area contributed by atoms with E-state index in [1.807, 2.05) is 24.3 Å². The molecule has 1 heterocycles. The van der Waals surface area contributed by atoms with Crippen LogP contribution in [0, 0.1) is 6.92 Å². The Morgan fingerprint density at radius 2 is 1.72 bits per heavy atom. The van der Waals surface area contributed by atoms with Crippen molar-refractivity contribution in [2.24, 2.45) is 0 Å². The molecule has 3 rings (SSSR count). The van der Waals surface area contributed by atoms with Gasteiger partial charge in [0.05, 0.1) is 0 Å². The minimum atomic E-state index is -0.587. The lowest BCUT2D eigenvalue weighted by molar-refractivity contribution is 0.103. The molecule has 128 valence electrons. The van der Waals surface area contributed by atoms with E-state index in [4.69, 9.17) is 4.42 Å². The van der Waals surface area contributed by atoms with Crippen LogP contribution >= 0.6 is 0 Å². The van der Waals surface area contributed by atoms with Crippen LogP contribution in [0.5, 0.6) is 0 Å². The van der Waals surface area contributed by atoms with Gasteiger partial charge < -0.3 is 9.32 Å². The molecular weight excluding hydrogens is 314 g/mol. The van der Waals surface area contributed by atoms with Crippen LogP contribution in [0.3, 0.4) is 0 Å². The van der Waals surface area contributed by atoms with Crippen LogP contribution in [0.1, 0.15) is 35.3 Å². The van der Waals surface area contributed by atoms with Crippen LogP contribution in [-0.2, 0) is 0 Å². The summed E-state index contributed by atoms with van der Waals surface area (Å²) in [6, 6.07) is 14.6. The minimum absolute atomic E-state index is 0.106. The normalized spacial score (nSPS) is 10.8. The van der Waals surface area contributed by atoms with Gasteiger partial charge in [-0.1, -0.05) is 30.3 Å². The van der Waals surface area contributed by atoms with Gasteiger partial charge in [0.15, 0.2) is 0 Å². The Morgan fingerprint density at radius 3 is 2.36 bits per heavy atom. The van der Waals surface area contributed by atoms with Crippen LogP contribution in [-0.4, -0.2) is 18.9 Å². The number of benzene rings is 2. The van der Waals surface area contributed by atoms with Crippen LogP contribution in [0.25, 0.3) is 11.0 Å². The van der Waals surface area contributed by atoms with E-state index >= 15 is 0 Å². The highest BCUT2D eigenvalue weighted by Crippen LogP contribution is 2.26. The van der Waals surface area contributed by atoms with Crippen molar-refractivity contribution in [1.29, 1.82) is 0 Å². The molecule has 0 fully saturated rings. The Morgan fingerprint density at radius 1 is 1.04 bits per heavy atom. The lowest BCUT2D eigenvalue weighted by Gasteiger charge is -2.21. The fraction of sp³-hybridized carbons (Fsp3) is 0.238. The standard InChI is InChI=1S/C21H21NO3/c1-4-22(5-2)16-11-12-17-14(3)19(21(24)25-18(17)13-16)20(23)15-9-7-6-8-10-15/h6-13H,4-5H2,1-3H3. The van der Waals surface area contributed by atoms with Gasteiger partial charge in [-0.3, -0.25) is 4.79 Å². The smallest absolute Gasteiger partial charge is 0.347 e. The summed E-state index contributed by atoms with van der Waals surface area (Å²) in [5.41, 5.74) is 2.17. The van der Waals surface area contributed by atoms with Gasteiger partial charge in [-0.25, -0.2) is 4.79 Å². The summed E-state index contributed by atoms with van der Waals surface area (Å²) in [6.07, 6.45) is 0. The molecule has 3 aromatic rings. The van der Waals surface area contributed by atoms with Crippen molar-refractivity contribution in [1.82, 2.24) is 0 Å². The van der Waals surface area contributed by atoms with Crippen molar-refractivity contribution < 1.29 is 9.21 Å². The molecule has 0 aliphatic carbocycles.